The number of nitrogens with one attached hydrogen (secondary N) is 2. The topological polar surface area (TPSA) is 85.6 Å². The third-order valence-corrected chi connectivity index (χ3v) is 5.70. The number of fused-ring (bicyclic) bond motifs is 1. The Kier molecular flexibility index (Phi) is 7.31. The van der Waals surface area contributed by atoms with E-state index in [4.69, 9.17) is 26.1 Å². The summed E-state index contributed by atoms with van der Waals surface area (Å²) in [7, 11) is 1.56. The Bertz CT molecular complexity index is 1360. The molecule has 8 heteroatoms. The fourth-order valence-corrected chi connectivity index (χ4v) is 3.72. The number of methoxy groups -OCH3 is 1. The number of nitrogens with zero attached hydrogens (tertiary/aromatic N) is 1. The molecule has 3 aromatic carbocycles. The highest BCUT2D eigenvalue weighted by Gasteiger charge is 2.15. The van der Waals surface area contributed by atoms with E-state index in [1.165, 1.54) is 0 Å². The average Bonchev–Trinajstić information content (AvgIpc) is 3.25. The minimum Gasteiger partial charge on any atom is -0.495 e. The van der Waals surface area contributed by atoms with Gasteiger partial charge in [0.1, 0.15) is 17.0 Å². The van der Waals surface area contributed by atoms with E-state index in [9.17, 15) is 4.79 Å². The van der Waals surface area contributed by atoms with Crippen LogP contribution in [0, 0.1) is 13.8 Å². The number of carbonyl (C=O) groups is 1. The van der Waals surface area contributed by atoms with Crippen molar-refractivity contribution in [2.24, 2.45) is 0 Å². The van der Waals surface area contributed by atoms with Crippen molar-refractivity contribution in [1.29, 1.82) is 0 Å². The second-order valence-corrected chi connectivity index (χ2v) is 8.53. The zero-order valence-corrected chi connectivity index (χ0v) is 20.9. The van der Waals surface area contributed by atoms with E-state index in [1.54, 1.807) is 31.4 Å². The molecule has 0 aliphatic carbocycles. The van der Waals surface area contributed by atoms with Crippen molar-refractivity contribution < 1.29 is 18.7 Å². The molecule has 0 saturated heterocycles. The smallest absolute Gasteiger partial charge is 0.257 e. The maximum absolute atomic E-state index is 12.7. The van der Waals surface area contributed by atoms with Gasteiger partial charge >= 0.3 is 0 Å². The largest absolute Gasteiger partial charge is 0.495 e. The predicted octanol–water partition coefficient (Wildman–Crippen LogP) is 6.04. The number of hydrogen-bond acceptors (Lipinski definition) is 6. The van der Waals surface area contributed by atoms with Gasteiger partial charge in [0.15, 0.2) is 10.7 Å². The predicted molar refractivity (Wildman–Crippen MR) is 141 cm³/mol. The Morgan fingerprint density at radius 2 is 1.89 bits per heavy atom. The highest BCUT2D eigenvalue weighted by Crippen LogP contribution is 2.32. The monoisotopic (exact) mass is 489 g/mol. The number of ether oxygens (including phenoxy) is 2. The molecule has 0 aliphatic rings. The Labute approximate surface area is 209 Å². The first-order valence-electron chi connectivity index (χ1n) is 11.3. The molecule has 2 N–H and O–H groups in total. The van der Waals surface area contributed by atoms with E-state index in [2.05, 4.69) is 15.6 Å². The van der Waals surface area contributed by atoms with Gasteiger partial charge in [0.05, 0.1) is 19.4 Å². The van der Waals surface area contributed by atoms with Crippen molar-refractivity contribution in [1.82, 2.24) is 10.3 Å². The van der Waals surface area contributed by atoms with Crippen molar-refractivity contribution in [3.8, 4) is 23.0 Å². The van der Waals surface area contributed by atoms with Crippen LogP contribution in [0.3, 0.4) is 0 Å². The zero-order valence-electron chi connectivity index (χ0n) is 20.1. The standard InChI is InChI=1S/C27H27N3O4S/c1-5-11-33-20-8-6-7-18(14-20)25(31)30-27(35)29-22-15-19(9-10-23(22)32-4)26-28-21-12-16(2)17(3)13-24(21)34-26/h6-10,12-15H,5,11H2,1-4H3,(H2,29,30,31,35). The van der Waals surface area contributed by atoms with Crippen molar-refractivity contribution in [3.05, 3.63) is 71.3 Å². The summed E-state index contributed by atoms with van der Waals surface area (Å²) in [5, 5.41) is 5.88. The van der Waals surface area contributed by atoms with E-state index in [-0.39, 0.29) is 11.0 Å². The number of rotatable bonds is 7. The third-order valence-electron chi connectivity index (χ3n) is 5.49. The Hall–Kier alpha value is -3.91. The molecule has 180 valence electrons. The number of aryl methyl sites for hydroxylation is 2. The van der Waals surface area contributed by atoms with Crippen molar-refractivity contribution >= 4 is 40.0 Å². The Balaban J connectivity index is 1.52. The second-order valence-electron chi connectivity index (χ2n) is 8.12. The summed E-state index contributed by atoms with van der Waals surface area (Å²) in [5.41, 5.74) is 5.57. The van der Waals surface area contributed by atoms with E-state index in [0.717, 1.165) is 34.2 Å². The van der Waals surface area contributed by atoms with Crippen LogP contribution in [0.1, 0.15) is 34.8 Å². The van der Waals surface area contributed by atoms with E-state index in [0.29, 0.717) is 35.2 Å². The van der Waals surface area contributed by atoms with Gasteiger partial charge in [-0.05, 0) is 92.1 Å². The summed E-state index contributed by atoms with van der Waals surface area (Å²) in [5.74, 6) is 1.33. The van der Waals surface area contributed by atoms with Crippen LogP contribution in [0.5, 0.6) is 11.5 Å². The van der Waals surface area contributed by atoms with Crippen LogP contribution in [0.25, 0.3) is 22.6 Å². The normalized spacial score (nSPS) is 10.7. The molecular formula is C27H27N3O4S. The zero-order chi connectivity index (χ0) is 24.9. The second kappa shape index (κ2) is 10.6. The summed E-state index contributed by atoms with van der Waals surface area (Å²) < 4.78 is 17.1. The maximum atomic E-state index is 12.7. The molecule has 1 aromatic heterocycles. The molecule has 4 rings (SSSR count). The molecule has 0 unspecified atom stereocenters. The SMILES string of the molecule is CCCOc1cccc(C(=O)NC(=S)Nc2cc(-c3nc4cc(C)c(C)cc4o3)ccc2OC)c1. The molecule has 7 nitrogen and oxygen atoms in total. The fourth-order valence-electron chi connectivity index (χ4n) is 3.52. The number of hydrogen-bond donors (Lipinski definition) is 2. The molecule has 4 aromatic rings. The molecule has 0 spiro atoms. The van der Waals surface area contributed by atoms with E-state index >= 15 is 0 Å². The lowest BCUT2D eigenvalue weighted by molar-refractivity contribution is 0.0977. The van der Waals surface area contributed by atoms with Crippen LogP contribution in [-0.4, -0.2) is 29.7 Å². The fraction of sp³-hybridized carbons (Fsp3) is 0.222. The van der Waals surface area contributed by atoms with Gasteiger partial charge in [-0.15, -0.1) is 0 Å². The van der Waals surface area contributed by atoms with Crippen LogP contribution >= 0.6 is 12.2 Å². The van der Waals surface area contributed by atoms with Gasteiger partial charge in [-0.1, -0.05) is 13.0 Å². The molecule has 0 atom stereocenters. The highest BCUT2D eigenvalue weighted by atomic mass is 32.1. The number of aromatic nitrogens is 1. The minimum atomic E-state index is -0.343. The van der Waals surface area contributed by atoms with Gasteiger partial charge in [-0.2, -0.15) is 0 Å². The number of anilines is 1. The highest BCUT2D eigenvalue weighted by molar-refractivity contribution is 7.80. The average molecular weight is 490 g/mol. The van der Waals surface area contributed by atoms with E-state index in [1.807, 2.05) is 51.1 Å². The van der Waals surface area contributed by atoms with Crippen molar-refractivity contribution in [3.63, 3.8) is 0 Å². The first-order valence-corrected chi connectivity index (χ1v) is 11.7. The van der Waals surface area contributed by atoms with Gasteiger partial charge < -0.3 is 19.2 Å². The summed E-state index contributed by atoms with van der Waals surface area (Å²) in [4.78, 5) is 17.3. The number of amides is 1. The van der Waals surface area contributed by atoms with Gasteiger partial charge in [-0.3, -0.25) is 10.1 Å². The van der Waals surface area contributed by atoms with Crippen LogP contribution in [0.2, 0.25) is 0 Å². The molecule has 0 saturated carbocycles. The van der Waals surface area contributed by atoms with Crippen molar-refractivity contribution in [2.45, 2.75) is 27.2 Å². The molecule has 35 heavy (non-hydrogen) atoms. The Morgan fingerprint density at radius 3 is 2.66 bits per heavy atom. The molecular weight excluding hydrogens is 462 g/mol. The quantitative estimate of drug-likeness (QED) is 0.306. The van der Waals surface area contributed by atoms with Gasteiger partial charge in [-0.25, -0.2) is 4.98 Å². The molecule has 0 radical (unpaired) electrons. The van der Waals surface area contributed by atoms with Gasteiger partial charge in [0, 0.05) is 11.1 Å². The lowest BCUT2D eigenvalue weighted by atomic mass is 10.1. The number of carbonyl (C=O) groups excluding carboxylic acids is 1. The van der Waals surface area contributed by atoms with Gasteiger partial charge in [0.2, 0.25) is 5.89 Å². The lowest BCUT2D eigenvalue weighted by Gasteiger charge is -2.14. The number of oxazole rings is 1. The summed E-state index contributed by atoms with van der Waals surface area (Å²) in [6, 6.07) is 16.4. The van der Waals surface area contributed by atoms with Crippen LogP contribution in [-0.2, 0) is 0 Å². The van der Waals surface area contributed by atoms with Gasteiger partial charge in [0.25, 0.3) is 5.91 Å². The van der Waals surface area contributed by atoms with Crippen LogP contribution in [0.15, 0.2) is 59.0 Å². The maximum Gasteiger partial charge on any atom is 0.257 e. The molecule has 0 fully saturated rings. The lowest BCUT2D eigenvalue weighted by Crippen LogP contribution is -2.34. The third kappa shape index (κ3) is 5.60. The first kappa shape index (κ1) is 24.2. The summed E-state index contributed by atoms with van der Waals surface area (Å²) in [6.07, 6.45) is 0.883. The Morgan fingerprint density at radius 1 is 1.09 bits per heavy atom. The van der Waals surface area contributed by atoms with Crippen LogP contribution in [0.4, 0.5) is 5.69 Å². The number of benzene rings is 3. The molecule has 1 heterocycles. The van der Waals surface area contributed by atoms with E-state index < -0.39 is 0 Å². The first-order chi connectivity index (χ1) is 16.9. The molecule has 0 aliphatic heterocycles. The molecule has 1 amide bonds. The van der Waals surface area contributed by atoms with Crippen molar-refractivity contribution in [2.75, 3.05) is 19.0 Å². The number of thiocarbonyl (C=S) groups is 1. The van der Waals surface area contributed by atoms with Crippen LogP contribution < -0.4 is 20.1 Å². The minimum absolute atomic E-state index is 0.133. The molecule has 0 bridgehead atoms. The summed E-state index contributed by atoms with van der Waals surface area (Å²) >= 11 is 5.39. The summed E-state index contributed by atoms with van der Waals surface area (Å²) in [6.45, 7) is 6.69.